The molecule has 0 unspecified atom stereocenters. The number of hydrogen-bond acceptors (Lipinski definition) is 5. The lowest BCUT2D eigenvalue weighted by Gasteiger charge is -2.30. The summed E-state index contributed by atoms with van der Waals surface area (Å²) in [5.74, 6) is -0.962. The van der Waals surface area contributed by atoms with Gasteiger partial charge >= 0.3 is 5.97 Å². The van der Waals surface area contributed by atoms with Crippen LogP contribution in [-0.4, -0.2) is 62.3 Å². The highest BCUT2D eigenvalue weighted by Gasteiger charge is 2.33. The van der Waals surface area contributed by atoms with Crippen molar-refractivity contribution >= 4 is 33.5 Å². The molecule has 2 heterocycles. The Kier molecular flexibility index (Phi) is 6.95. The van der Waals surface area contributed by atoms with Gasteiger partial charge in [0.15, 0.2) is 6.61 Å². The lowest BCUT2D eigenvalue weighted by atomic mass is 9.98. The highest BCUT2D eigenvalue weighted by Crippen LogP contribution is 2.25. The SMILES string of the molecule is O=C(OCC(=O)N1CCCCC1)C1CCN(S(=O)(=O)c2ccc(Cl)cc2)CC1. The van der Waals surface area contributed by atoms with Gasteiger partial charge in [0.05, 0.1) is 10.8 Å². The van der Waals surface area contributed by atoms with Crippen molar-refractivity contribution in [1.29, 1.82) is 0 Å². The topological polar surface area (TPSA) is 84.0 Å². The summed E-state index contributed by atoms with van der Waals surface area (Å²) < 4.78 is 31.9. The van der Waals surface area contributed by atoms with E-state index in [0.29, 0.717) is 17.9 Å². The Hall–Kier alpha value is -1.64. The minimum Gasteiger partial charge on any atom is -0.455 e. The van der Waals surface area contributed by atoms with E-state index in [4.69, 9.17) is 16.3 Å². The van der Waals surface area contributed by atoms with Crippen LogP contribution < -0.4 is 0 Å². The van der Waals surface area contributed by atoms with Crippen LogP contribution in [0.2, 0.25) is 5.02 Å². The van der Waals surface area contributed by atoms with Crippen molar-refractivity contribution < 1.29 is 22.7 Å². The van der Waals surface area contributed by atoms with E-state index in [-0.39, 0.29) is 36.4 Å². The molecule has 3 rings (SSSR count). The number of carbonyl (C=O) groups is 2. The normalized spacial score (nSPS) is 19.4. The Morgan fingerprint density at radius 3 is 2.21 bits per heavy atom. The molecule has 7 nitrogen and oxygen atoms in total. The van der Waals surface area contributed by atoms with Crippen molar-refractivity contribution in [2.45, 2.75) is 37.0 Å². The van der Waals surface area contributed by atoms with Crippen LogP contribution in [0.3, 0.4) is 0 Å². The Bertz CT molecular complexity index is 798. The number of hydrogen-bond donors (Lipinski definition) is 0. The van der Waals surface area contributed by atoms with Crippen molar-refractivity contribution in [2.75, 3.05) is 32.8 Å². The van der Waals surface area contributed by atoms with Gasteiger partial charge in [0, 0.05) is 31.2 Å². The summed E-state index contributed by atoms with van der Waals surface area (Å²) in [5, 5.41) is 0.472. The quantitative estimate of drug-likeness (QED) is 0.672. The van der Waals surface area contributed by atoms with Gasteiger partial charge in [0.1, 0.15) is 0 Å². The largest absolute Gasteiger partial charge is 0.455 e. The van der Waals surface area contributed by atoms with E-state index in [1.54, 1.807) is 4.90 Å². The number of piperidine rings is 2. The summed E-state index contributed by atoms with van der Waals surface area (Å²) in [4.78, 5) is 26.3. The average Bonchev–Trinajstić information content (AvgIpc) is 2.73. The van der Waals surface area contributed by atoms with E-state index in [9.17, 15) is 18.0 Å². The number of halogens is 1. The zero-order chi connectivity index (χ0) is 20.1. The van der Waals surface area contributed by atoms with Crippen LogP contribution in [-0.2, 0) is 24.3 Å². The molecule has 2 aliphatic heterocycles. The minimum atomic E-state index is -3.61. The second-order valence-electron chi connectivity index (χ2n) is 7.18. The molecular weight excluding hydrogens is 404 g/mol. The monoisotopic (exact) mass is 428 g/mol. The van der Waals surface area contributed by atoms with Gasteiger partial charge in [0.2, 0.25) is 10.0 Å². The van der Waals surface area contributed by atoms with E-state index in [0.717, 1.165) is 32.4 Å². The number of carbonyl (C=O) groups excluding carboxylic acids is 2. The first-order valence-corrected chi connectivity index (χ1v) is 11.4. The first kappa shape index (κ1) is 21.1. The van der Waals surface area contributed by atoms with E-state index < -0.39 is 16.0 Å². The Labute approximate surface area is 170 Å². The number of likely N-dealkylation sites (tertiary alicyclic amines) is 1. The first-order valence-electron chi connectivity index (χ1n) is 9.58. The molecule has 0 radical (unpaired) electrons. The number of rotatable bonds is 5. The fourth-order valence-corrected chi connectivity index (χ4v) is 5.17. The fraction of sp³-hybridized carbons (Fsp3) is 0.579. The molecule has 154 valence electrons. The highest BCUT2D eigenvalue weighted by molar-refractivity contribution is 7.89. The van der Waals surface area contributed by atoms with Crippen molar-refractivity contribution in [3.63, 3.8) is 0 Å². The summed E-state index contributed by atoms with van der Waals surface area (Å²) >= 11 is 5.82. The Morgan fingerprint density at radius 2 is 1.61 bits per heavy atom. The van der Waals surface area contributed by atoms with Crippen LogP contribution >= 0.6 is 11.6 Å². The lowest BCUT2D eigenvalue weighted by molar-refractivity contribution is -0.156. The van der Waals surface area contributed by atoms with Crippen LogP contribution in [0, 0.1) is 5.92 Å². The highest BCUT2D eigenvalue weighted by atomic mass is 35.5. The molecule has 0 N–H and O–H groups in total. The molecule has 1 aromatic carbocycles. The third-order valence-corrected chi connectivity index (χ3v) is 7.45. The van der Waals surface area contributed by atoms with Crippen molar-refractivity contribution in [1.82, 2.24) is 9.21 Å². The third-order valence-electron chi connectivity index (χ3n) is 5.29. The second kappa shape index (κ2) is 9.24. The van der Waals surface area contributed by atoms with Crippen LogP contribution in [0.4, 0.5) is 0 Å². The molecule has 0 spiro atoms. The maximum Gasteiger partial charge on any atom is 0.309 e. The molecule has 0 atom stereocenters. The molecule has 2 fully saturated rings. The molecule has 28 heavy (non-hydrogen) atoms. The molecule has 0 bridgehead atoms. The van der Waals surface area contributed by atoms with Gasteiger partial charge in [-0.25, -0.2) is 8.42 Å². The molecule has 2 aliphatic rings. The summed E-state index contributed by atoms with van der Waals surface area (Å²) in [5.41, 5.74) is 0. The van der Waals surface area contributed by atoms with Crippen molar-refractivity contribution in [2.24, 2.45) is 5.92 Å². The van der Waals surface area contributed by atoms with Gasteiger partial charge in [0.25, 0.3) is 5.91 Å². The van der Waals surface area contributed by atoms with Crippen LogP contribution in [0.15, 0.2) is 29.2 Å². The van der Waals surface area contributed by atoms with Gasteiger partial charge in [-0.1, -0.05) is 11.6 Å². The van der Waals surface area contributed by atoms with Gasteiger partial charge in [-0.05, 0) is 56.4 Å². The smallest absolute Gasteiger partial charge is 0.309 e. The number of amides is 1. The zero-order valence-electron chi connectivity index (χ0n) is 15.7. The van der Waals surface area contributed by atoms with Gasteiger partial charge < -0.3 is 9.64 Å². The molecule has 9 heteroatoms. The molecule has 0 aliphatic carbocycles. The number of esters is 1. The number of benzene rings is 1. The molecule has 2 saturated heterocycles. The van der Waals surface area contributed by atoms with Crippen LogP contribution in [0.25, 0.3) is 0 Å². The summed E-state index contributed by atoms with van der Waals surface area (Å²) in [6, 6.07) is 6.03. The van der Waals surface area contributed by atoms with Gasteiger partial charge in [-0.15, -0.1) is 0 Å². The van der Waals surface area contributed by atoms with Crippen molar-refractivity contribution in [3.05, 3.63) is 29.3 Å². The van der Waals surface area contributed by atoms with Crippen LogP contribution in [0.5, 0.6) is 0 Å². The van der Waals surface area contributed by atoms with E-state index in [1.165, 1.54) is 28.6 Å². The summed E-state index contributed by atoms with van der Waals surface area (Å²) in [6.07, 6.45) is 3.86. The van der Waals surface area contributed by atoms with Gasteiger partial charge in [-0.3, -0.25) is 9.59 Å². The number of nitrogens with zero attached hydrogens (tertiary/aromatic N) is 2. The van der Waals surface area contributed by atoms with Gasteiger partial charge in [-0.2, -0.15) is 4.31 Å². The second-order valence-corrected chi connectivity index (χ2v) is 9.56. The molecule has 1 aromatic rings. The molecule has 0 aromatic heterocycles. The van der Waals surface area contributed by atoms with E-state index in [1.807, 2.05) is 0 Å². The first-order chi connectivity index (χ1) is 13.4. The molecular formula is C19H25ClN2O5S. The summed E-state index contributed by atoms with van der Waals surface area (Å²) in [6.45, 7) is 1.69. The third kappa shape index (κ3) is 5.04. The number of ether oxygens (including phenoxy) is 1. The predicted octanol–water partition coefficient (Wildman–Crippen LogP) is 2.30. The molecule has 0 saturated carbocycles. The fourth-order valence-electron chi connectivity index (χ4n) is 3.57. The zero-order valence-corrected chi connectivity index (χ0v) is 17.3. The average molecular weight is 429 g/mol. The number of sulfonamides is 1. The Morgan fingerprint density at radius 1 is 1.00 bits per heavy atom. The lowest BCUT2D eigenvalue weighted by Crippen LogP contribution is -2.42. The van der Waals surface area contributed by atoms with E-state index in [2.05, 4.69) is 0 Å². The Balaban J connectivity index is 1.48. The maximum absolute atomic E-state index is 12.7. The summed E-state index contributed by atoms with van der Waals surface area (Å²) in [7, 11) is -3.61. The standard InChI is InChI=1S/C19H25ClN2O5S/c20-16-4-6-17(7-5-16)28(25,26)22-12-8-15(9-13-22)19(24)27-14-18(23)21-10-2-1-3-11-21/h4-7,15H,1-3,8-14H2. The minimum absolute atomic E-state index is 0.157. The van der Waals surface area contributed by atoms with Crippen molar-refractivity contribution in [3.8, 4) is 0 Å². The van der Waals surface area contributed by atoms with E-state index >= 15 is 0 Å². The predicted molar refractivity (Wildman–Crippen MR) is 104 cm³/mol. The maximum atomic E-state index is 12.7. The van der Waals surface area contributed by atoms with Crippen LogP contribution in [0.1, 0.15) is 32.1 Å². The molecule has 1 amide bonds.